The highest BCUT2D eigenvalue weighted by Gasteiger charge is 2.00. The van der Waals surface area contributed by atoms with Crippen molar-refractivity contribution in [3.8, 4) is 5.75 Å². The number of benzene rings is 1. The molecule has 0 aliphatic rings. The standard InChI is InChI=1S/C13H17N3OS/c14-7-5-11-9-18-13(16-11)15-8-6-10-1-3-12(17)4-2-10/h1-4,9,17H,5-8,14H2,(H,15,16). The predicted octanol–water partition coefficient (Wildman–Crippen LogP) is 2.00. The van der Waals surface area contributed by atoms with Crippen molar-refractivity contribution in [1.29, 1.82) is 0 Å². The molecule has 18 heavy (non-hydrogen) atoms. The molecule has 0 unspecified atom stereocenters. The highest BCUT2D eigenvalue weighted by molar-refractivity contribution is 7.13. The Kier molecular flexibility index (Phi) is 4.55. The van der Waals surface area contributed by atoms with Gasteiger partial charge in [0.15, 0.2) is 5.13 Å². The fourth-order valence-corrected chi connectivity index (χ4v) is 2.40. The van der Waals surface area contributed by atoms with E-state index in [1.54, 1.807) is 23.5 Å². The van der Waals surface area contributed by atoms with Crippen LogP contribution in [-0.4, -0.2) is 23.2 Å². The van der Waals surface area contributed by atoms with Gasteiger partial charge in [-0.3, -0.25) is 0 Å². The summed E-state index contributed by atoms with van der Waals surface area (Å²) in [6.07, 6.45) is 1.74. The van der Waals surface area contributed by atoms with Gasteiger partial charge in [0.05, 0.1) is 5.69 Å². The number of nitrogens with zero attached hydrogens (tertiary/aromatic N) is 1. The second kappa shape index (κ2) is 6.37. The summed E-state index contributed by atoms with van der Waals surface area (Å²) in [5.74, 6) is 0.304. The predicted molar refractivity (Wildman–Crippen MR) is 75.2 cm³/mol. The SMILES string of the molecule is NCCc1csc(NCCc2ccc(O)cc2)n1. The van der Waals surface area contributed by atoms with E-state index < -0.39 is 0 Å². The van der Waals surface area contributed by atoms with E-state index in [4.69, 9.17) is 5.73 Å². The lowest BCUT2D eigenvalue weighted by Crippen LogP contribution is -2.05. The average Bonchev–Trinajstić information content (AvgIpc) is 2.80. The van der Waals surface area contributed by atoms with Crippen molar-refractivity contribution in [3.05, 3.63) is 40.9 Å². The first-order valence-corrected chi connectivity index (χ1v) is 6.82. The van der Waals surface area contributed by atoms with Crippen LogP contribution >= 0.6 is 11.3 Å². The summed E-state index contributed by atoms with van der Waals surface area (Å²) < 4.78 is 0. The van der Waals surface area contributed by atoms with Crippen LogP contribution in [0.5, 0.6) is 5.75 Å². The Morgan fingerprint density at radius 3 is 2.72 bits per heavy atom. The maximum absolute atomic E-state index is 9.18. The largest absolute Gasteiger partial charge is 0.508 e. The highest BCUT2D eigenvalue weighted by Crippen LogP contribution is 2.16. The number of rotatable bonds is 6. The molecule has 1 aromatic heterocycles. The van der Waals surface area contributed by atoms with E-state index in [1.165, 1.54) is 5.56 Å². The Bertz CT molecular complexity index is 481. The van der Waals surface area contributed by atoms with Crippen molar-refractivity contribution in [2.45, 2.75) is 12.8 Å². The van der Waals surface area contributed by atoms with Gasteiger partial charge in [-0.2, -0.15) is 0 Å². The molecule has 96 valence electrons. The van der Waals surface area contributed by atoms with Crippen molar-refractivity contribution in [1.82, 2.24) is 4.98 Å². The van der Waals surface area contributed by atoms with Crippen molar-refractivity contribution < 1.29 is 5.11 Å². The molecule has 0 saturated heterocycles. The smallest absolute Gasteiger partial charge is 0.182 e. The van der Waals surface area contributed by atoms with Gasteiger partial charge in [-0.05, 0) is 30.7 Å². The normalized spacial score (nSPS) is 10.5. The van der Waals surface area contributed by atoms with Gasteiger partial charge in [-0.25, -0.2) is 4.98 Å². The topological polar surface area (TPSA) is 71.2 Å². The molecule has 5 heteroatoms. The van der Waals surface area contributed by atoms with Gasteiger partial charge in [-0.15, -0.1) is 11.3 Å². The average molecular weight is 263 g/mol. The first-order chi connectivity index (χ1) is 8.78. The summed E-state index contributed by atoms with van der Waals surface area (Å²) >= 11 is 1.61. The van der Waals surface area contributed by atoms with Crippen LogP contribution in [0.2, 0.25) is 0 Å². The Balaban J connectivity index is 1.79. The zero-order valence-electron chi connectivity index (χ0n) is 10.1. The minimum Gasteiger partial charge on any atom is -0.508 e. The van der Waals surface area contributed by atoms with E-state index in [9.17, 15) is 5.11 Å². The van der Waals surface area contributed by atoms with Crippen molar-refractivity contribution >= 4 is 16.5 Å². The first-order valence-electron chi connectivity index (χ1n) is 5.94. The zero-order chi connectivity index (χ0) is 12.8. The number of anilines is 1. The third-order valence-corrected chi connectivity index (χ3v) is 3.43. The molecule has 0 radical (unpaired) electrons. The van der Waals surface area contributed by atoms with Crippen LogP contribution < -0.4 is 11.1 Å². The molecule has 4 nitrogen and oxygen atoms in total. The summed E-state index contributed by atoms with van der Waals surface area (Å²) in [6.45, 7) is 1.47. The summed E-state index contributed by atoms with van der Waals surface area (Å²) in [7, 11) is 0. The molecule has 2 aromatic rings. The molecule has 0 aliphatic carbocycles. The molecular weight excluding hydrogens is 246 g/mol. The fraction of sp³-hybridized carbons (Fsp3) is 0.308. The molecule has 0 atom stereocenters. The van der Waals surface area contributed by atoms with Gasteiger partial charge < -0.3 is 16.2 Å². The van der Waals surface area contributed by atoms with Crippen molar-refractivity contribution in [2.24, 2.45) is 5.73 Å². The lowest BCUT2D eigenvalue weighted by molar-refractivity contribution is 0.475. The Morgan fingerprint density at radius 1 is 1.22 bits per heavy atom. The number of thiazole rings is 1. The Morgan fingerprint density at radius 2 is 2.00 bits per heavy atom. The van der Waals surface area contributed by atoms with E-state index in [2.05, 4.69) is 10.3 Å². The van der Waals surface area contributed by atoms with E-state index in [-0.39, 0.29) is 0 Å². The molecule has 0 fully saturated rings. The van der Waals surface area contributed by atoms with E-state index >= 15 is 0 Å². The molecule has 0 spiro atoms. The number of aromatic nitrogens is 1. The number of hydrogen-bond donors (Lipinski definition) is 3. The van der Waals surface area contributed by atoms with Gasteiger partial charge in [0.1, 0.15) is 5.75 Å². The lowest BCUT2D eigenvalue weighted by atomic mass is 10.1. The van der Waals surface area contributed by atoms with Gasteiger partial charge >= 0.3 is 0 Å². The van der Waals surface area contributed by atoms with Crippen LogP contribution in [0.15, 0.2) is 29.6 Å². The number of phenols is 1. The molecule has 1 aromatic carbocycles. The van der Waals surface area contributed by atoms with Gasteiger partial charge in [0, 0.05) is 18.3 Å². The fourth-order valence-electron chi connectivity index (χ4n) is 1.63. The molecule has 0 bridgehead atoms. The zero-order valence-corrected chi connectivity index (χ0v) is 10.9. The van der Waals surface area contributed by atoms with E-state index in [1.807, 2.05) is 17.5 Å². The monoisotopic (exact) mass is 263 g/mol. The lowest BCUT2D eigenvalue weighted by Gasteiger charge is -2.03. The highest BCUT2D eigenvalue weighted by atomic mass is 32.1. The van der Waals surface area contributed by atoms with Gasteiger partial charge in [-0.1, -0.05) is 12.1 Å². The first kappa shape index (κ1) is 12.9. The third kappa shape index (κ3) is 3.72. The van der Waals surface area contributed by atoms with E-state index in [0.717, 1.165) is 30.2 Å². The number of hydrogen-bond acceptors (Lipinski definition) is 5. The molecule has 4 N–H and O–H groups in total. The number of aromatic hydroxyl groups is 1. The minimum atomic E-state index is 0.304. The summed E-state index contributed by atoms with van der Waals surface area (Å²) in [5, 5.41) is 15.4. The van der Waals surface area contributed by atoms with Crippen LogP contribution in [0.3, 0.4) is 0 Å². The van der Waals surface area contributed by atoms with Crippen LogP contribution in [0, 0.1) is 0 Å². The summed E-state index contributed by atoms with van der Waals surface area (Å²) in [5.41, 5.74) is 7.73. The molecule has 0 saturated carbocycles. The number of nitrogens with one attached hydrogen (secondary N) is 1. The molecular formula is C13H17N3OS. The van der Waals surface area contributed by atoms with Crippen LogP contribution in [-0.2, 0) is 12.8 Å². The summed E-state index contributed by atoms with van der Waals surface area (Å²) in [6, 6.07) is 7.27. The Hall–Kier alpha value is -1.59. The molecule has 1 heterocycles. The molecule has 0 aliphatic heterocycles. The number of nitrogens with two attached hydrogens (primary N) is 1. The van der Waals surface area contributed by atoms with Crippen LogP contribution in [0.25, 0.3) is 0 Å². The van der Waals surface area contributed by atoms with Crippen molar-refractivity contribution in [3.63, 3.8) is 0 Å². The second-order valence-corrected chi connectivity index (χ2v) is 4.88. The maximum Gasteiger partial charge on any atom is 0.182 e. The van der Waals surface area contributed by atoms with Crippen LogP contribution in [0.1, 0.15) is 11.3 Å². The molecule has 2 rings (SSSR count). The van der Waals surface area contributed by atoms with Gasteiger partial charge in [0.2, 0.25) is 0 Å². The summed E-state index contributed by atoms with van der Waals surface area (Å²) in [4.78, 5) is 4.43. The Labute approximate surface area is 110 Å². The second-order valence-electron chi connectivity index (χ2n) is 4.03. The van der Waals surface area contributed by atoms with Crippen LogP contribution in [0.4, 0.5) is 5.13 Å². The molecule has 0 amide bonds. The quantitative estimate of drug-likeness (QED) is 0.745. The maximum atomic E-state index is 9.18. The number of phenolic OH excluding ortho intramolecular Hbond substituents is 1. The van der Waals surface area contributed by atoms with Gasteiger partial charge in [0.25, 0.3) is 0 Å². The third-order valence-electron chi connectivity index (χ3n) is 2.58. The van der Waals surface area contributed by atoms with E-state index in [0.29, 0.717) is 12.3 Å². The minimum absolute atomic E-state index is 0.304. The van der Waals surface area contributed by atoms with Crippen molar-refractivity contribution in [2.75, 3.05) is 18.4 Å².